The number of nitrogens with zero attached hydrogens (tertiary/aromatic N) is 3. The SMILES string of the molecule is Nc1nc(NCc2ccc(I)cc2)c(Cl)nc1C(=O)NCCN1CCC(NCCc2ccccc2)CC1. The lowest BCUT2D eigenvalue weighted by Gasteiger charge is -2.32. The minimum atomic E-state index is -0.367. The highest BCUT2D eigenvalue weighted by Crippen LogP contribution is 2.21. The molecule has 0 unspecified atom stereocenters. The molecule has 1 saturated heterocycles. The van der Waals surface area contributed by atoms with Gasteiger partial charge in [-0.05, 0) is 84.7 Å². The van der Waals surface area contributed by atoms with Gasteiger partial charge in [-0.1, -0.05) is 54.1 Å². The number of aromatic nitrogens is 2. The van der Waals surface area contributed by atoms with Gasteiger partial charge in [0.2, 0.25) is 0 Å². The van der Waals surface area contributed by atoms with Crippen molar-refractivity contribution in [3.05, 3.63) is 80.1 Å². The Bertz CT molecular complexity index is 1160. The largest absolute Gasteiger partial charge is 0.382 e. The zero-order valence-corrected chi connectivity index (χ0v) is 23.6. The number of amides is 1. The zero-order chi connectivity index (χ0) is 26.0. The number of nitrogens with one attached hydrogen (secondary N) is 3. The number of likely N-dealkylation sites (tertiary alicyclic amines) is 1. The molecule has 2 aromatic carbocycles. The highest BCUT2D eigenvalue weighted by molar-refractivity contribution is 14.1. The maximum Gasteiger partial charge on any atom is 0.273 e. The third-order valence-electron chi connectivity index (χ3n) is 6.46. The fraction of sp³-hybridized carbons (Fsp3) is 0.370. The first-order valence-corrected chi connectivity index (χ1v) is 14.0. The first-order valence-electron chi connectivity index (χ1n) is 12.6. The molecule has 0 spiro atoms. The van der Waals surface area contributed by atoms with Crippen molar-refractivity contribution in [2.24, 2.45) is 0 Å². The zero-order valence-electron chi connectivity index (χ0n) is 20.7. The van der Waals surface area contributed by atoms with Crippen molar-refractivity contribution in [3.8, 4) is 0 Å². The lowest BCUT2D eigenvalue weighted by atomic mass is 10.0. The fourth-order valence-corrected chi connectivity index (χ4v) is 4.89. The average molecular weight is 634 g/mol. The first-order chi connectivity index (χ1) is 18.0. The summed E-state index contributed by atoms with van der Waals surface area (Å²) >= 11 is 8.55. The summed E-state index contributed by atoms with van der Waals surface area (Å²) in [4.78, 5) is 23.5. The van der Waals surface area contributed by atoms with Crippen molar-refractivity contribution in [2.75, 3.05) is 43.8 Å². The lowest BCUT2D eigenvalue weighted by Crippen LogP contribution is -2.45. The van der Waals surface area contributed by atoms with Crippen LogP contribution in [0.5, 0.6) is 0 Å². The predicted octanol–water partition coefficient (Wildman–Crippen LogP) is 3.96. The predicted molar refractivity (Wildman–Crippen MR) is 158 cm³/mol. The maximum absolute atomic E-state index is 12.7. The first kappa shape index (κ1) is 27.6. The van der Waals surface area contributed by atoms with Gasteiger partial charge < -0.3 is 26.6 Å². The number of anilines is 2. The van der Waals surface area contributed by atoms with Crippen LogP contribution < -0.4 is 21.7 Å². The van der Waals surface area contributed by atoms with E-state index >= 15 is 0 Å². The van der Waals surface area contributed by atoms with Gasteiger partial charge in [0, 0.05) is 29.2 Å². The summed E-state index contributed by atoms with van der Waals surface area (Å²) < 4.78 is 1.16. The van der Waals surface area contributed by atoms with Crippen LogP contribution in [-0.4, -0.2) is 59.5 Å². The molecule has 5 N–H and O–H groups in total. The van der Waals surface area contributed by atoms with Crippen molar-refractivity contribution in [3.63, 3.8) is 0 Å². The van der Waals surface area contributed by atoms with Crippen LogP contribution in [0.4, 0.5) is 11.6 Å². The lowest BCUT2D eigenvalue weighted by molar-refractivity contribution is 0.0941. The van der Waals surface area contributed by atoms with Crippen LogP contribution in [0.2, 0.25) is 5.15 Å². The Hall–Kier alpha value is -2.47. The highest BCUT2D eigenvalue weighted by atomic mass is 127. The van der Waals surface area contributed by atoms with E-state index < -0.39 is 0 Å². The Morgan fingerprint density at radius 2 is 1.76 bits per heavy atom. The molecule has 0 atom stereocenters. The van der Waals surface area contributed by atoms with Crippen molar-refractivity contribution in [1.82, 2.24) is 25.5 Å². The van der Waals surface area contributed by atoms with E-state index in [1.165, 1.54) is 5.56 Å². The Labute approximate surface area is 236 Å². The fourth-order valence-electron chi connectivity index (χ4n) is 4.33. The third-order valence-corrected chi connectivity index (χ3v) is 7.44. The van der Waals surface area contributed by atoms with Crippen molar-refractivity contribution < 1.29 is 4.79 Å². The number of hydrogen-bond donors (Lipinski definition) is 4. The molecule has 4 rings (SSSR count). The topological polar surface area (TPSA) is 108 Å². The summed E-state index contributed by atoms with van der Waals surface area (Å²) in [7, 11) is 0. The molecule has 196 valence electrons. The second-order valence-electron chi connectivity index (χ2n) is 9.14. The van der Waals surface area contributed by atoms with E-state index in [-0.39, 0.29) is 22.6 Å². The summed E-state index contributed by atoms with van der Waals surface area (Å²) in [5.41, 5.74) is 8.52. The average Bonchev–Trinajstić information content (AvgIpc) is 2.91. The normalized spacial score (nSPS) is 14.4. The van der Waals surface area contributed by atoms with Crippen LogP contribution in [0.25, 0.3) is 0 Å². The standard InChI is InChI=1S/C27H33ClIN7O/c28-24-26(33-18-20-6-8-21(29)9-7-20)35-25(30)23(34-24)27(37)32-14-17-36-15-11-22(12-16-36)31-13-10-19-4-2-1-3-5-19/h1-9,22,31H,10-18H2,(H,32,37)(H3,30,33,35). The van der Waals surface area contributed by atoms with E-state index in [1.807, 2.05) is 30.3 Å². The molecule has 0 saturated carbocycles. The summed E-state index contributed by atoms with van der Waals surface area (Å²) in [5, 5.41) is 9.83. The van der Waals surface area contributed by atoms with Gasteiger partial charge in [-0.3, -0.25) is 4.79 Å². The quantitative estimate of drug-likeness (QED) is 0.237. The van der Waals surface area contributed by atoms with Gasteiger partial charge in [0.1, 0.15) is 0 Å². The van der Waals surface area contributed by atoms with Gasteiger partial charge in [0.05, 0.1) is 0 Å². The minimum absolute atomic E-state index is 0.0474. The van der Waals surface area contributed by atoms with E-state index in [2.05, 4.69) is 77.7 Å². The molecule has 0 radical (unpaired) electrons. The van der Waals surface area contributed by atoms with E-state index in [1.54, 1.807) is 0 Å². The van der Waals surface area contributed by atoms with Crippen molar-refractivity contribution in [1.29, 1.82) is 0 Å². The number of nitrogen functional groups attached to an aromatic ring is 1. The number of hydrogen-bond acceptors (Lipinski definition) is 7. The second kappa shape index (κ2) is 13.9. The van der Waals surface area contributed by atoms with Crippen LogP contribution in [0.15, 0.2) is 54.6 Å². The van der Waals surface area contributed by atoms with Gasteiger partial charge in [0.25, 0.3) is 5.91 Å². The molecule has 1 fully saturated rings. The molecule has 37 heavy (non-hydrogen) atoms. The van der Waals surface area contributed by atoms with E-state index in [0.717, 1.165) is 54.6 Å². The Balaban J connectivity index is 1.16. The second-order valence-corrected chi connectivity index (χ2v) is 10.7. The van der Waals surface area contributed by atoms with Crippen LogP contribution in [-0.2, 0) is 13.0 Å². The summed E-state index contributed by atoms with van der Waals surface area (Å²) in [6.07, 6.45) is 3.26. The van der Waals surface area contributed by atoms with Crippen LogP contribution in [0, 0.1) is 3.57 Å². The molecular weight excluding hydrogens is 601 g/mol. The molecule has 1 amide bonds. The maximum atomic E-state index is 12.7. The monoisotopic (exact) mass is 633 g/mol. The van der Waals surface area contributed by atoms with Crippen LogP contribution in [0.1, 0.15) is 34.5 Å². The molecule has 0 bridgehead atoms. The number of nitrogens with two attached hydrogens (primary N) is 1. The minimum Gasteiger partial charge on any atom is -0.382 e. The van der Waals surface area contributed by atoms with E-state index in [0.29, 0.717) is 24.9 Å². The van der Waals surface area contributed by atoms with Gasteiger partial charge in [-0.25, -0.2) is 9.97 Å². The Morgan fingerprint density at radius 3 is 2.49 bits per heavy atom. The summed E-state index contributed by atoms with van der Waals surface area (Å²) in [6, 6.07) is 19.2. The van der Waals surface area contributed by atoms with Crippen LogP contribution in [0.3, 0.4) is 0 Å². The molecule has 3 aromatic rings. The Kier molecular flexibility index (Phi) is 10.4. The van der Waals surface area contributed by atoms with Crippen LogP contribution >= 0.6 is 34.2 Å². The smallest absolute Gasteiger partial charge is 0.273 e. The Morgan fingerprint density at radius 1 is 1.03 bits per heavy atom. The van der Waals surface area contributed by atoms with Crippen molar-refractivity contribution in [2.45, 2.75) is 31.8 Å². The number of carbonyl (C=O) groups excluding carboxylic acids is 1. The molecule has 2 heterocycles. The molecule has 8 nitrogen and oxygen atoms in total. The molecule has 0 aliphatic carbocycles. The number of halogens is 2. The third kappa shape index (κ3) is 8.53. The molecule has 1 aliphatic rings. The molecule has 10 heteroatoms. The number of piperidine rings is 1. The summed E-state index contributed by atoms with van der Waals surface area (Å²) in [6.45, 7) is 4.82. The molecule has 1 aliphatic heterocycles. The van der Waals surface area contributed by atoms with Gasteiger partial charge >= 0.3 is 0 Å². The van der Waals surface area contributed by atoms with Gasteiger partial charge in [-0.15, -0.1) is 0 Å². The molecular formula is C27H33ClIN7O. The van der Waals surface area contributed by atoms with Gasteiger partial charge in [-0.2, -0.15) is 0 Å². The molecule has 1 aromatic heterocycles. The highest BCUT2D eigenvalue weighted by Gasteiger charge is 2.20. The summed E-state index contributed by atoms with van der Waals surface area (Å²) in [5.74, 6) is 0.0393. The number of rotatable bonds is 11. The number of carbonyl (C=O) groups is 1. The van der Waals surface area contributed by atoms with Crippen molar-refractivity contribution >= 4 is 51.7 Å². The van der Waals surface area contributed by atoms with E-state index in [4.69, 9.17) is 17.3 Å². The van der Waals surface area contributed by atoms with E-state index in [9.17, 15) is 4.79 Å². The number of benzene rings is 2. The van der Waals surface area contributed by atoms with Gasteiger partial charge in [0.15, 0.2) is 22.5 Å².